The van der Waals surface area contributed by atoms with E-state index in [9.17, 15) is 5.11 Å². The molecule has 3 saturated carbocycles. The predicted octanol–water partition coefficient (Wildman–Crippen LogP) is 2.86. The van der Waals surface area contributed by atoms with Crippen molar-refractivity contribution in [1.82, 2.24) is 5.32 Å². The molecule has 4 atom stereocenters. The molecule has 20 heavy (non-hydrogen) atoms. The van der Waals surface area contributed by atoms with Crippen LogP contribution in [-0.4, -0.2) is 36.0 Å². The molecule has 0 aliphatic heterocycles. The topological polar surface area (TPSA) is 41.5 Å². The Balaban J connectivity index is 1.52. The summed E-state index contributed by atoms with van der Waals surface area (Å²) < 4.78 is 5.90. The molecule has 0 aromatic rings. The molecule has 4 unspecified atom stereocenters. The number of aliphatic hydroxyl groups is 1. The van der Waals surface area contributed by atoms with Gasteiger partial charge in [-0.15, -0.1) is 0 Å². The van der Waals surface area contributed by atoms with E-state index in [2.05, 4.69) is 19.2 Å². The van der Waals surface area contributed by atoms with E-state index < -0.39 is 5.60 Å². The molecular weight excluding hydrogens is 250 g/mol. The number of ether oxygens (including phenoxy) is 1. The van der Waals surface area contributed by atoms with Crippen LogP contribution in [0.25, 0.3) is 0 Å². The average Bonchev–Trinajstić information content (AvgIpc) is 2.30. The zero-order chi connectivity index (χ0) is 14.2. The fourth-order valence-electron chi connectivity index (χ4n) is 4.83. The van der Waals surface area contributed by atoms with Crippen molar-refractivity contribution in [2.75, 3.05) is 13.2 Å². The first-order valence-corrected chi connectivity index (χ1v) is 8.65. The third kappa shape index (κ3) is 2.53. The molecule has 0 amide bonds. The van der Waals surface area contributed by atoms with E-state index in [0.717, 1.165) is 32.4 Å². The van der Waals surface area contributed by atoms with Gasteiger partial charge in [0.1, 0.15) is 0 Å². The number of rotatable bonds is 5. The van der Waals surface area contributed by atoms with Crippen LogP contribution >= 0.6 is 0 Å². The summed E-state index contributed by atoms with van der Waals surface area (Å²) in [6.07, 6.45) is 9.97. The van der Waals surface area contributed by atoms with E-state index in [0.29, 0.717) is 23.5 Å². The summed E-state index contributed by atoms with van der Waals surface area (Å²) in [7, 11) is 0. The number of hydrogen-bond donors (Lipinski definition) is 2. The maximum atomic E-state index is 10.7. The molecule has 1 spiro atoms. The minimum Gasteiger partial charge on any atom is -0.389 e. The molecule has 3 rings (SSSR count). The van der Waals surface area contributed by atoms with E-state index in [-0.39, 0.29) is 0 Å². The van der Waals surface area contributed by atoms with Crippen molar-refractivity contribution < 1.29 is 9.84 Å². The fourth-order valence-corrected chi connectivity index (χ4v) is 4.83. The quantitative estimate of drug-likeness (QED) is 0.814. The van der Waals surface area contributed by atoms with Gasteiger partial charge in [-0.25, -0.2) is 0 Å². The first-order valence-electron chi connectivity index (χ1n) is 8.65. The molecule has 0 heterocycles. The fraction of sp³-hybridized carbons (Fsp3) is 1.00. The van der Waals surface area contributed by atoms with Gasteiger partial charge < -0.3 is 15.2 Å². The number of nitrogens with one attached hydrogen (secondary N) is 1. The van der Waals surface area contributed by atoms with Crippen molar-refractivity contribution in [3.8, 4) is 0 Å². The maximum Gasteiger partial charge on any atom is 0.0774 e. The lowest BCUT2D eigenvalue weighted by Gasteiger charge is -2.61. The van der Waals surface area contributed by atoms with Crippen molar-refractivity contribution in [3.05, 3.63) is 0 Å². The molecule has 0 aromatic heterocycles. The largest absolute Gasteiger partial charge is 0.389 e. The van der Waals surface area contributed by atoms with Crippen molar-refractivity contribution in [1.29, 1.82) is 0 Å². The van der Waals surface area contributed by atoms with Gasteiger partial charge in [0.15, 0.2) is 0 Å². The zero-order valence-electron chi connectivity index (χ0n) is 13.2. The standard InChI is InChI=1S/C17H31NO2/c1-3-20-15-10-14(17(15)8-5-9-17)18-12-16(19)7-4-6-13(2)11-16/h13-15,18-19H,3-12H2,1-2H3. The third-order valence-electron chi connectivity index (χ3n) is 6.18. The first kappa shape index (κ1) is 14.8. The van der Waals surface area contributed by atoms with Gasteiger partial charge in [-0.3, -0.25) is 0 Å². The molecule has 0 saturated heterocycles. The molecular formula is C17H31NO2. The minimum atomic E-state index is -0.459. The predicted molar refractivity (Wildman–Crippen MR) is 80.7 cm³/mol. The molecule has 3 aliphatic carbocycles. The van der Waals surface area contributed by atoms with Crippen molar-refractivity contribution in [2.24, 2.45) is 11.3 Å². The Morgan fingerprint density at radius 1 is 1.25 bits per heavy atom. The second kappa shape index (κ2) is 5.58. The molecule has 3 aliphatic rings. The molecule has 116 valence electrons. The Morgan fingerprint density at radius 3 is 2.65 bits per heavy atom. The lowest BCUT2D eigenvalue weighted by Crippen LogP contribution is -2.68. The van der Waals surface area contributed by atoms with Gasteiger partial charge in [0, 0.05) is 24.6 Å². The van der Waals surface area contributed by atoms with Gasteiger partial charge in [-0.2, -0.15) is 0 Å². The summed E-state index contributed by atoms with van der Waals surface area (Å²) in [4.78, 5) is 0. The summed E-state index contributed by atoms with van der Waals surface area (Å²) in [6, 6.07) is 0.578. The van der Waals surface area contributed by atoms with Crippen LogP contribution in [-0.2, 0) is 4.74 Å². The first-order chi connectivity index (χ1) is 9.58. The summed E-state index contributed by atoms with van der Waals surface area (Å²) in [5.74, 6) is 0.672. The highest BCUT2D eigenvalue weighted by Gasteiger charge is 2.58. The van der Waals surface area contributed by atoms with E-state index in [1.54, 1.807) is 0 Å². The molecule has 0 radical (unpaired) electrons. The SMILES string of the molecule is CCOC1CC(NCC2(O)CCCC(C)C2)C12CCC2. The van der Waals surface area contributed by atoms with Gasteiger partial charge >= 0.3 is 0 Å². The third-order valence-corrected chi connectivity index (χ3v) is 6.18. The minimum absolute atomic E-state index is 0.409. The molecule has 3 fully saturated rings. The Bertz CT molecular complexity index is 342. The van der Waals surface area contributed by atoms with Gasteiger partial charge in [0.2, 0.25) is 0 Å². The van der Waals surface area contributed by atoms with Crippen LogP contribution in [0.4, 0.5) is 0 Å². The van der Waals surface area contributed by atoms with Crippen molar-refractivity contribution in [2.45, 2.75) is 83.0 Å². The Hall–Kier alpha value is -0.120. The van der Waals surface area contributed by atoms with Gasteiger partial charge in [0.05, 0.1) is 11.7 Å². The highest BCUT2D eigenvalue weighted by Crippen LogP contribution is 2.57. The summed E-state index contributed by atoms with van der Waals surface area (Å²) in [5.41, 5.74) is -0.0496. The zero-order valence-corrected chi connectivity index (χ0v) is 13.2. The molecule has 0 aromatic carbocycles. The summed E-state index contributed by atoms with van der Waals surface area (Å²) in [5, 5.41) is 14.4. The molecule has 3 heteroatoms. The smallest absolute Gasteiger partial charge is 0.0774 e. The summed E-state index contributed by atoms with van der Waals surface area (Å²) in [6.45, 7) is 5.98. The van der Waals surface area contributed by atoms with E-state index in [1.165, 1.54) is 32.1 Å². The Labute approximate surface area is 123 Å². The highest BCUT2D eigenvalue weighted by molar-refractivity contribution is 5.12. The van der Waals surface area contributed by atoms with Gasteiger partial charge in [-0.05, 0) is 44.9 Å². The van der Waals surface area contributed by atoms with Crippen LogP contribution in [0.1, 0.15) is 65.2 Å². The van der Waals surface area contributed by atoms with Crippen LogP contribution in [0.2, 0.25) is 0 Å². The monoisotopic (exact) mass is 281 g/mol. The van der Waals surface area contributed by atoms with Crippen LogP contribution in [0.15, 0.2) is 0 Å². The Kier molecular flexibility index (Phi) is 4.13. The number of hydrogen-bond acceptors (Lipinski definition) is 3. The van der Waals surface area contributed by atoms with Crippen LogP contribution < -0.4 is 5.32 Å². The second-order valence-electron chi connectivity index (χ2n) is 7.63. The molecule has 2 N–H and O–H groups in total. The lowest BCUT2D eigenvalue weighted by atomic mass is 9.51. The van der Waals surface area contributed by atoms with Crippen LogP contribution in [0.3, 0.4) is 0 Å². The normalized spacial score (nSPS) is 43.0. The van der Waals surface area contributed by atoms with Gasteiger partial charge in [-0.1, -0.05) is 26.2 Å². The summed E-state index contributed by atoms with van der Waals surface area (Å²) >= 11 is 0. The van der Waals surface area contributed by atoms with E-state index in [1.807, 2.05) is 0 Å². The lowest BCUT2D eigenvalue weighted by molar-refractivity contribution is -0.176. The molecule has 0 bridgehead atoms. The molecule has 3 nitrogen and oxygen atoms in total. The van der Waals surface area contributed by atoms with E-state index in [4.69, 9.17) is 4.74 Å². The van der Waals surface area contributed by atoms with Crippen LogP contribution in [0, 0.1) is 11.3 Å². The maximum absolute atomic E-state index is 10.7. The average molecular weight is 281 g/mol. The highest BCUT2D eigenvalue weighted by atomic mass is 16.5. The van der Waals surface area contributed by atoms with Crippen molar-refractivity contribution in [3.63, 3.8) is 0 Å². The van der Waals surface area contributed by atoms with Gasteiger partial charge in [0.25, 0.3) is 0 Å². The second-order valence-corrected chi connectivity index (χ2v) is 7.63. The van der Waals surface area contributed by atoms with E-state index >= 15 is 0 Å². The Morgan fingerprint density at radius 2 is 2.05 bits per heavy atom. The van der Waals surface area contributed by atoms with Crippen molar-refractivity contribution >= 4 is 0 Å². The van der Waals surface area contributed by atoms with Crippen LogP contribution in [0.5, 0.6) is 0 Å².